The number of piperazine rings is 1. The Kier molecular flexibility index (Phi) is 4.35. The zero-order chi connectivity index (χ0) is 17.7. The molecule has 1 aromatic rings. The Morgan fingerprint density at radius 3 is 2.32 bits per heavy atom. The minimum absolute atomic E-state index is 0.289. The average Bonchev–Trinajstić information content (AvgIpc) is 2.82. The van der Waals surface area contributed by atoms with E-state index in [1.165, 1.54) is 5.69 Å². The fourth-order valence-corrected chi connectivity index (χ4v) is 3.80. The van der Waals surface area contributed by atoms with Crippen LogP contribution in [0.3, 0.4) is 0 Å². The van der Waals surface area contributed by atoms with Gasteiger partial charge in [-0.15, -0.1) is 0 Å². The molecule has 0 saturated carbocycles. The van der Waals surface area contributed by atoms with Gasteiger partial charge in [0, 0.05) is 31.9 Å². The highest BCUT2D eigenvalue weighted by Gasteiger charge is 2.51. The number of morpholine rings is 1. The van der Waals surface area contributed by atoms with Gasteiger partial charge in [0.05, 0.1) is 30.5 Å². The van der Waals surface area contributed by atoms with Crippen molar-refractivity contribution in [2.24, 2.45) is 0 Å². The molecule has 25 heavy (non-hydrogen) atoms. The molecule has 3 aliphatic rings. The molecule has 3 aliphatic heterocycles. The molecule has 0 N–H and O–H groups in total. The number of nitrogens with zero attached hydrogens (tertiary/aromatic N) is 2. The molecule has 0 amide bonds. The van der Waals surface area contributed by atoms with Gasteiger partial charge in [-0.2, -0.15) is 0 Å². The number of ether oxygens (including phenoxy) is 1. The molecule has 1 atom stereocenters. The summed E-state index contributed by atoms with van der Waals surface area (Å²) < 4.78 is 17.9. The predicted molar refractivity (Wildman–Crippen MR) is 101 cm³/mol. The normalized spacial score (nSPS) is 28.9. The summed E-state index contributed by atoms with van der Waals surface area (Å²) in [6, 6.07) is 9.19. The Balaban J connectivity index is 1.44. The number of hydrogen-bond acceptors (Lipinski definition) is 5. The van der Waals surface area contributed by atoms with Crippen molar-refractivity contribution in [1.29, 1.82) is 0 Å². The number of anilines is 1. The van der Waals surface area contributed by atoms with E-state index in [0.29, 0.717) is 6.04 Å². The van der Waals surface area contributed by atoms with E-state index >= 15 is 0 Å². The van der Waals surface area contributed by atoms with E-state index in [4.69, 9.17) is 14.0 Å². The van der Waals surface area contributed by atoms with Crippen LogP contribution >= 0.6 is 0 Å². The lowest BCUT2D eigenvalue weighted by molar-refractivity contribution is -0.0116. The van der Waals surface area contributed by atoms with Gasteiger partial charge < -0.3 is 18.9 Å². The van der Waals surface area contributed by atoms with Crippen LogP contribution in [0.25, 0.3) is 0 Å². The second-order valence-electron chi connectivity index (χ2n) is 8.39. The van der Waals surface area contributed by atoms with Crippen LogP contribution in [-0.4, -0.2) is 68.7 Å². The molecular formula is C19H29BN2O3. The van der Waals surface area contributed by atoms with Crippen LogP contribution in [0.4, 0.5) is 5.69 Å². The fraction of sp³-hybridized carbons (Fsp3) is 0.684. The maximum atomic E-state index is 6.15. The van der Waals surface area contributed by atoms with Crippen molar-refractivity contribution in [3.8, 4) is 0 Å². The maximum Gasteiger partial charge on any atom is 0.494 e. The Hall–Kier alpha value is -1.08. The third-order valence-corrected chi connectivity index (χ3v) is 6.22. The summed E-state index contributed by atoms with van der Waals surface area (Å²) in [6.45, 7) is 14.4. The summed E-state index contributed by atoms with van der Waals surface area (Å²) in [5.74, 6) is 0. The maximum absolute atomic E-state index is 6.15. The van der Waals surface area contributed by atoms with Crippen LogP contribution < -0.4 is 10.4 Å². The number of rotatable bonds is 2. The second kappa shape index (κ2) is 6.27. The third-order valence-electron chi connectivity index (χ3n) is 6.22. The van der Waals surface area contributed by atoms with Crippen molar-refractivity contribution in [2.45, 2.75) is 44.9 Å². The Labute approximate surface area is 151 Å². The Morgan fingerprint density at radius 1 is 0.960 bits per heavy atom. The molecule has 0 spiro atoms. The van der Waals surface area contributed by atoms with Gasteiger partial charge in [0.2, 0.25) is 0 Å². The number of benzene rings is 1. The van der Waals surface area contributed by atoms with Crippen LogP contribution in [0.1, 0.15) is 27.7 Å². The molecular weight excluding hydrogens is 315 g/mol. The summed E-state index contributed by atoms with van der Waals surface area (Å²) >= 11 is 0. The first-order valence-corrected chi connectivity index (χ1v) is 9.38. The van der Waals surface area contributed by atoms with E-state index < -0.39 is 0 Å². The quantitative estimate of drug-likeness (QED) is 0.760. The lowest BCUT2D eigenvalue weighted by Crippen LogP contribution is -2.58. The topological polar surface area (TPSA) is 34.2 Å². The summed E-state index contributed by atoms with van der Waals surface area (Å²) in [4.78, 5) is 5.02. The van der Waals surface area contributed by atoms with Crippen LogP contribution in [0.2, 0.25) is 0 Å². The first kappa shape index (κ1) is 17.3. The zero-order valence-corrected chi connectivity index (χ0v) is 15.8. The standard InChI is InChI=1S/C19H29BN2O3/c1-18(2)19(3,4)25-20(24-18)15-5-7-16(8-6-15)22-10-9-21-11-12-23-14-17(21)13-22/h5-8,17H,9-14H2,1-4H3/t17-/m0/s1. The molecule has 0 unspecified atom stereocenters. The molecule has 0 bridgehead atoms. The van der Waals surface area contributed by atoms with Gasteiger partial charge in [-0.05, 0) is 45.3 Å². The first-order valence-electron chi connectivity index (χ1n) is 9.38. The van der Waals surface area contributed by atoms with E-state index in [-0.39, 0.29) is 18.3 Å². The molecule has 0 aliphatic carbocycles. The summed E-state index contributed by atoms with van der Waals surface area (Å²) in [5.41, 5.74) is 1.76. The molecule has 3 fully saturated rings. The first-order chi connectivity index (χ1) is 11.9. The molecule has 3 heterocycles. The lowest BCUT2D eigenvalue weighted by Gasteiger charge is -2.44. The zero-order valence-electron chi connectivity index (χ0n) is 15.8. The van der Waals surface area contributed by atoms with E-state index in [1.807, 2.05) is 0 Å². The smallest absolute Gasteiger partial charge is 0.399 e. The number of hydrogen-bond donors (Lipinski definition) is 0. The molecule has 6 heteroatoms. The molecule has 4 rings (SSSR count). The van der Waals surface area contributed by atoms with Crippen molar-refractivity contribution in [3.05, 3.63) is 24.3 Å². The van der Waals surface area contributed by atoms with Crippen LogP contribution in [0.5, 0.6) is 0 Å². The van der Waals surface area contributed by atoms with Gasteiger partial charge in [0.1, 0.15) is 0 Å². The summed E-state index contributed by atoms with van der Waals surface area (Å²) in [6.07, 6.45) is 0. The van der Waals surface area contributed by atoms with E-state index in [2.05, 4.69) is 61.8 Å². The molecule has 1 aromatic carbocycles. The van der Waals surface area contributed by atoms with Crippen LogP contribution in [0.15, 0.2) is 24.3 Å². The molecule has 0 aromatic heterocycles. The lowest BCUT2D eigenvalue weighted by atomic mass is 9.79. The highest BCUT2D eigenvalue weighted by molar-refractivity contribution is 6.62. The van der Waals surface area contributed by atoms with E-state index in [1.54, 1.807) is 0 Å². The van der Waals surface area contributed by atoms with Crippen LogP contribution in [-0.2, 0) is 14.0 Å². The van der Waals surface area contributed by atoms with Gasteiger partial charge in [-0.3, -0.25) is 4.90 Å². The van der Waals surface area contributed by atoms with E-state index in [0.717, 1.165) is 44.9 Å². The largest absolute Gasteiger partial charge is 0.494 e. The van der Waals surface area contributed by atoms with Crippen molar-refractivity contribution in [3.63, 3.8) is 0 Å². The summed E-state index contributed by atoms with van der Waals surface area (Å²) in [7, 11) is -0.289. The molecule has 0 radical (unpaired) electrons. The Bertz CT molecular complexity index is 604. The van der Waals surface area contributed by atoms with Gasteiger partial charge in [0.25, 0.3) is 0 Å². The SMILES string of the molecule is CC1(C)OB(c2ccc(N3CCN4CCOC[C@@H]4C3)cc2)OC1(C)C. The fourth-order valence-electron chi connectivity index (χ4n) is 3.80. The minimum Gasteiger partial charge on any atom is -0.399 e. The van der Waals surface area contributed by atoms with Crippen LogP contribution in [0, 0.1) is 0 Å². The minimum atomic E-state index is -0.298. The van der Waals surface area contributed by atoms with Crippen molar-refractivity contribution < 1.29 is 14.0 Å². The average molecular weight is 344 g/mol. The van der Waals surface area contributed by atoms with Gasteiger partial charge in [0.15, 0.2) is 0 Å². The van der Waals surface area contributed by atoms with Crippen molar-refractivity contribution in [2.75, 3.05) is 44.3 Å². The van der Waals surface area contributed by atoms with Gasteiger partial charge in [-0.1, -0.05) is 12.1 Å². The highest BCUT2D eigenvalue weighted by atomic mass is 16.7. The van der Waals surface area contributed by atoms with Gasteiger partial charge in [-0.25, -0.2) is 0 Å². The van der Waals surface area contributed by atoms with Crippen molar-refractivity contribution >= 4 is 18.3 Å². The predicted octanol–water partition coefficient (Wildman–Crippen LogP) is 1.51. The number of fused-ring (bicyclic) bond motifs is 1. The molecule has 136 valence electrons. The Morgan fingerprint density at radius 2 is 1.64 bits per heavy atom. The highest BCUT2D eigenvalue weighted by Crippen LogP contribution is 2.36. The van der Waals surface area contributed by atoms with Crippen molar-refractivity contribution in [1.82, 2.24) is 4.90 Å². The summed E-state index contributed by atoms with van der Waals surface area (Å²) in [5, 5.41) is 0. The monoisotopic (exact) mass is 344 g/mol. The molecule has 3 saturated heterocycles. The van der Waals surface area contributed by atoms with Gasteiger partial charge >= 0.3 is 7.12 Å². The second-order valence-corrected chi connectivity index (χ2v) is 8.39. The third kappa shape index (κ3) is 3.21. The van der Waals surface area contributed by atoms with E-state index in [9.17, 15) is 0 Å². The molecule has 5 nitrogen and oxygen atoms in total.